The van der Waals surface area contributed by atoms with Crippen LogP contribution in [0, 0.1) is 5.92 Å². The molecule has 1 rings (SSSR count). The molecule has 4 heteroatoms. The van der Waals surface area contributed by atoms with Crippen molar-refractivity contribution >= 4 is 17.3 Å². The Morgan fingerprint density at radius 2 is 2.06 bits per heavy atom. The zero-order chi connectivity index (χ0) is 12.1. The predicted octanol–water partition coefficient (Wildman–Crippen LogP) is 1.59. The number of hydrogen-bond acceptors (Lipinski definition) is 2. The van der Waals surface area contributed by atoms with Gasteiger partial charge in [0.25, 0.3) is 0 Å². The van der Waals surface area contributed by atoms with E-state index >= 15 is 0 Å². The highest BCUT2D eigenvalue weighted by Crippen LogP contribution is 2.17. The lowest BCUT2D eigenvalue weighted by molar-refractivity contribution is 0.265. The molecule has 1 heterocycles. The molecular weight excluding hydrogens is 218 g/mol. The lowest BCUT2D eigenvalue weighted by atomic mass is 10.1. The van der Waals surface area contributed by atoms with Gasteiger partial charge in [-0.15, -0.1) is 0 Å². The normalized spacial score (nSPS) is 21.8. The van der Waals surface area contributed by atoms with E-state index in [9.17, 15) is 0 Å². The van der Waals surface area contributed by atoms with Gasteiger partial charge < -0.3 is 15.5 Å². The monoisotopic (exact) mass is 243 g/mol. The van der Waals surface area contributed by atoms with Crippen LogP contribution in [0.2, 0.25) is 0 Å². The second-order valence-corrected chi connectivity index (χ2v) is 5.66. The van der Waals surface area contributed by atoms with Gasteiger partial charge in [-0.25, -0.2) is 0 Å². The molecule has 1 aliphatic heterocycles. The summed E-state index contributed by atoms with van der Waals surface area (Å²) in [6.07, 6.45) is 1.29. The number of rotatable bonds is 4. The average molecular weight is 243 g/mol. The Labute approximate surface area is 105 Å². The van der Waals surface area contributed by atoms with Crippen LogP contribution in [0.15, 0.2) is 0 Å². The third-order valence-corrected chi connectivity index (χ3v) is 3.28. The molecule has 0 aromatic heterocycles. The maximum Gasteiger partial charge on any atom is 0.166 e. The summed E-state index contributed by atoms with van der Waals surface area (Å²) in [6.45, 7) is 12.2. The Morgan fingerprint density at radius 3 is 2.56 bits per heavy atom. The van der Waals surface area contributed by atoms with E-state index in [0.717, 1.165) is 17.6 Å². The summed E-state index contributed by atoms with van der Waals surface area (Å²) in [5.41, 5.74) is 0. The van der Waals surface area contributed by atoms with Crippen molar-refractivity contribution in [1.29, 1.82) is 0 Å². The smallest absolute Gasteiger partial charge is 0.166 e. The summed E-state index contributed by atoms with van der Waals surface area (Å²) in [7, 11) is 0. The molecule has 94 valence electrons. The summed E-state index contributed by atoms with van der Waals surface area (Å²) < 4.78 is 0. The van der Waals surface area contributed by atoms with Crippen LogP contribution in [-0.4, -0.2) is 41.7 Å². The van der Waals surface area contributed by atoms with Crippen LogP contribution in [0.1, 0.15) is 34.1 Å². The van der Waals surface area contributed by atoms with Gasteiger partial charge in [-0.3, -0.25) is 0 Å². The van der Waals surface area contributed by atoms with Crippen LogP contribution in [0.25, 0.3) is 0 Å². The molecule has 16 heavy (non-hydrogen) atoms. The zero-order valence-corrected chi connectivity index (χ0v) is 11.7. The van der Waals surface area contributed by atoms with Crippen molar-refractivity contribution < 1.29 is 0 Å². The van der Waals surface area contributed by atoms with Crippen molar-refractivity contribution in [3.8, 4) is 0 Å². The Balaban J connectivity index is 2.17. The van der Waals surface area contributed by atoms with Gasteiger partial charge in [0.2, 0.25) is 0 Å². The number of nitrogens with one attached hydrogen (secondary N) is 2. The number of thiocarbonyl (C=S) groups is 1. The van der Waals surface area contributed by atoms with Gasteiger partial charge in [0.1, 0.15) is 0 Å². The highest BCUT2D eigenvalue weighted by Gasteiger charge is 2.23. The number of hydrogen-bond donors (Lipinski definition) is 2. The van der Waals surface area contributed by atoms with Gasteiger partial charge in [0.05, 0.1) is 0 Å². The van der Waals surface area contributed by atoms with Crippen LogP contribution in [0.5, 0.6) is 0 Å². The van der Waals surface area contributed by atoms with E-state index in [1.807, 2.05) is 0 Å². The fraction of sp³-hybridized carbons (Fsp3) is 0.917. The maximum absolute atomic E-state index is 5.21. The molecule has 2 N–H and O–H groups in total. The Morgan fingerprint density at radius 1 is 1.38 bits per heavy atom. The minimum atomic E-state index is 0.413. The first-order chi connectivity index (χ1) is 7.49. The van der Waals surface area contributed by atoms with E-state index in [-0.39, 0.29) is 0 Å². The minimum Gasteiger partial charge on any atom is -0.362 e. The zero-order valence-electron chi connectivity index (χ0n) is 10.9. The molecule has 0 saturated carbocycles. The molecular formula is C12H25N3S. The largest absolute Gasteiger partial charge is 0.362 e. The van der Waals surface area contributed by atoms with Crippen molar-refractivity contribution in [2.75, 3.05) is 19.6 Å². The molecule has 1 atom stereocenters. The molecule has 1 fully saturated rings. The first kappa shape index (κ1) is 13.7. The van der Waals surface area contributed by atoms with Gasteiger partial charge >= 0.3 is 0 Å². The third kappa shape index (κ3) is 4.66. The predicted molar refractivity (Wildman–Crippen MR) is 73.7 cm³/mol. The van der Waals surface area contributed by atoms with Crippen molar-refractivity contribution in [1.82, 2.24) is 15.5 Å². The van der Waals surface area contributed by atoms with Gasteiger partial charge in [-0.1, -0.05) is 0 Å². The molecule has 1 saturated heterocycles. The lowest BCUT2D eigenvalue weighted by Crippen LogP contribution is -2.41. The van der Waals surface area contributed by atoms with E-state index in [1.165, 1.54) is 19.5 Å². The Kier molecular flexibility index (Phi) is 5.49. The van der Waals surface area contributed by atoms with Crippen molar-refractivity contribution in [3.63, 3.8) is 0 Å². The van der Waals surface area contributed by atoms with Crippen LogP contribution in [0.4, 0.5) is 0 Å². The molecule has 0 amide bonds. The van der Waals surface area contributed by atoms with Gasteiger partial charge in [0.15, 0.2) is 5.11 Å². The molecule has 0 aromatic rings. The lowest BCUT2D eigenvalue weighted by Gasteiger charge is -2.20. The number of nitrogens with zero attached hydrogens (tertiary/aromatic N) is 1. The van der Waals surface area contributed by atoms with Crippen LogP contribution in [0.3, 0.4) is 0 Å². The molecule has 1 aliphatic rings. The Bertz CT molecular complexity index is 228. The van der Waals surface area contributed by atoms with Crippen LogP contribution in [-0.2, 0) is 0 Å². The summed E-state index contributed by atoms with van der Waals surface area (Å²) in [5, 5.41) is 7.31. The second-order valence-electron chi connectivity index (χ2n) is 5.25. The van der Waals surface area contributed by atoms with E-state index in [4.69, 9.17) is 12.2 Å². The van der Waals surface area contributed by atoms with E-state index in [1.54, 1.807) is 0 Å². The summed E-state index contributed by atoms with van der Waals surface area (Å²) in [4.78, 5) is 2.53. The summed E-state index contributed by atoms with van der Waals surface area (Å²) in [6, 6.07) is 1.08. The highest BCUT2D eigenvalue weighted by molar-refractivity contribution is 7.80. The summed E-state index contributed by atoms with van der Waals surface area (Å²) >= 11 is 5.21. The van der Waals surface area contributed by atoms with E-state index < -0.39 is 0 Å². The third-order valence-electron chi connectivity index (χ3n) is 3.02. The first-order valence-electron chi connectivity index (χ1n) is 6.27. The molecule has 0 aliphatic carbocycles. The maximum atomic E-state index is 5.21. The standard InChI is InChI=1S/C12H25N3S/c1-9(2)14-12(16)13-7-11-5-6-15(8-11)10(3)4/h9-11H,5-8H2,1-4H3,(H2,13,14,16). The van der Waals surface area contributed by atoms with E-state index in [0.29, 0.717) is 12.1 Å². The van der Waals surface area contributed by atoms with Gasteiger partial charge in [-0.2, -0.15) is 0 Å². The Hall–Kier alpha value is -0.350. The molecule has 0 aromatic carbocycles. The van der Waals surface area contributed by atoms with Crippen LogP contribution < -0.4 is 10.6 Å². The fourth-order valence-corrected chi connectivity index (χ4v) is 2.37. The molecule has 3 nitrogen and oxygen atoms in total. The quantitative estimate of drug-likeness (QED) is 0.733. The SMILES string of the molecule is CC(C)NC(=S)NCC1CCN(C(C)C)C1. The van der Waals surface area contributed by atoms with Gasteiger partial charge in [0, 0.05) is 25.2 Å². The summed E-state index contributed by atoms with van der Waals surface area (Å²) in [5.74, 6) is 0.745. The molecule has 0 radical (unpaired) electrons. The molecule has 0 bridgehead atoms. The first-order valence-corrected chi connectivity index (χ1v) is 6.68. The fourth-order valence-electron chi connectivity index (χ4n) is 2.05. The van der Waals surface area contributed by atoms with Crippen molar-refractivity contribution in [3.05, 3.63) is 0 Å². The molecule has 1 unspecified atom stereocenters. The van der Waals surface area contributed by atoms with Gasteiger partial charge in [-0.05, 0) is 58.8 Å². The van der Waals surface area contributed by atoms with E-state index in [2.05, 4.69) is 43.2 Å². The second kappa shape index (κ2) is 6.40. The highest BCUT2D eigenvalue weighted by atomic mass is 32.1. The topological polar surface area (TPSA) is 27.3 Å². The molecule has 0 spiro atoms. The van der Waals surface area contributed by atoms with Crippen LogP contribution >= 0.6 is 12.2 Å². The van der Waals surface area contributed by atoms with Crippen molar-refractivity contribution in [2.45, 2.75) is 46.2 Å². The average Bonchev–Trinajstić information content (AvgIpc) is 2.61. The van der Waals surface area contributed by atoms with Crippen molar-refractivity contribution in [2.24, 2.45) is 5.92 Å². The minimum absolute atomic E-state index is 0.413. The number of likely N-dealkylation sites (tertiary alicyclic amines) is 1.